The fourth-order valence-corrected chi connectivity index (χ4v) is 5.54. The Bertz CT molecular complexity index is 1590. The zero-order chi connectivity index (χ0) is 28.5. The number of aromatic nitrogens is 3. The molecule has 4 heterocycles. The van der Waals surface area contributed by atoms with Crippen LogP contribution in [0.25, 0.3) is 5.82 Å². The molecular weight excluding hydrogens is 518 g/mol. The van der Waals surface area contributed by atoms with Crippen LogP contribution >= 0.6 is 0 Å². The number of fused-ring (bicyclic) bond motifs is 3. The molecule has 41 heavy (non-hydrogen) atoms. The lowest BCUT2D eigenvalue weighted by Crippen LogP contribution is -2.44. The molecule has 0 unspecified atom stereocenters. The van der Waals surface area contributed by atoms with Crippen LogP contribution in [0.4, 0.5) is 23.0 Å². The van der Waals surface area contributed by atoms with Crippen LogP contribution in [0, 0.1) is 6.92 Å². The van der Waals surface area contributed by atoms with E-state index in [-0.39, 0.29) is 5.91 Å². The first-order chi connectivity index (χ1) is 19.9. The lowest BCUT2D eigenvalue weighted by Gasteiger charge is -2.34. The second-order valence-electron chi connectivity index (χ2n) is 10.5. The Kier molecular flexibility index (Phi) is 7.23. The quantitative estimate of drug-likeness (QED) is 0.347. The van der Waals surface area contributed by atoms with Crippen LogP contribution in [0.5, 0.6) is 11.5 Å². The van der Waals surface area contributed by atoms with E-state index in [0.29, 0.717) is 29.4 Å². The first-order valence-electron chi connectivity index (χ1n) is 13.8. The summed E-state index contributed by atoms with van der Waals surface area (Å²) < 4.78 is 13.2. The Morgan fingerprint density at radius 3 is 2.56 bits per heavy atom. The van der Waals surface area contributed by atoms with E-state index in [1.807, 2.05) is 54.2 Å². The molecule has 2 N–H and O–H groups in total. The van der Waals surface area contributed by atoms with Gasteiger partial charge in [0.25, 0.3) is 5.91 Å². The Hall–Kier alpha value is -4.57. The SMILES string of the molecule is COc1cc(N2CCN(C)CC2)ccc1Nc1ncc2c(n1)-n1ccc(C(=O)Nc3c(C)cccc3OC)c1CC2. The van der Waals surface area contributed by atoms with Crippen molar-refractivity contribution < 1.29 is 14.3 Å². The number of ether oxygens (including phenoxy) is 2. The first-order valence-corrected chi connectivity index (χ1v) is 13.8. The monoisotopic (exact) mass is 553 g/mol. The van der Waals surface area contributed by atoms with Crippen LogP contribution in [0.3, 0.4) is 0 Å². The summed E-state index contributed by atoms with van der Waals surface area (Å²) in [5, 5.41) is 6.39. The number of para-hydroxylation sites is 1. The van der Waals surface area contributed by atoms with Gasteiger partial charge in [-0.05, 0) is 56.6 Å². The Labute approximate surface area is 239 Å². The van der Waals surface area contributed by atoms with E-state index in [1.165, 1.54) is 0 Å². The number of benzene rings is 2. The standard InChI is InChI=1S/C31H35N7O3/c1-20-6-5-7-26(40-3)28(20)34-30(39)23-12-13-38-25(23)11-8-21-19-32-31(35-29(21)38)33-24-10-9-22(18-27(24)41-4)37-16-14-36(2)15-17-37/h5-7,9-10,12-13,18-19H,8,11,14-17H2,1-4H3,(H,34,39)(H,32,33,35). The van der Waals surface area contributed by atoms with Gasteiger partial charge in [-0.25, -0.2) is 4.98 Å². The zero-order valence-corrected chi connectivity index (χ0v) is 23.9. The summed E-state index contributed by atoms with van der Waals surface area (Å²) in [5.41, 5.74) is 6.11. The molecule has 4 aromatic rings. The summed E-state index contributed by atoms with van der Waals surface area (Å²) in [6, 6.07) is 13.7. The van der Waals surface area contributed by atoms with Crippen LogP contribution < -0.4 is 25.0 Å². The Morgan fingerprint density at radius 1 is 0.976 bits per heavy atom. The molecule has 0 saturated carbocycles. The molecule has 0 radical (unpaired) electrons. The van der Waals surface area contributed by atoms with Crippen molar-refractivity contribution in [3.8, 4) is 17.3 Å². The van der Waals surface area contributed by atoms with Crippen molar-refractivity contribution in [2.45, 2.75) is 19.8 Å². The number of aryl methyl sites for hydroxylation is 2. The maximum absolute atomic E-state index is 13.4. The molecule has 2 aromatic heterocycles. The lowest BCUT2D eigenvalue weighted by molar-refractivity contribution is 0.102. The van der Waals surface area contributed by atoms with Gasteiger partial charge in [0.05, 0.1) is 31.2 Å². The highest BCUT2D eigenvalue weighted by atomic mass is 16.5. The summed E-state index contributed by atoms with van der Waals surface area (Å²) >= 11 is 0. The van der Waals surface area contributed by atoms with Gasteiger partial charge in [0, 0.05) is 61.6 Å². The Balaban J connectivity index is 1.24. The molecule has 0 atom stereocenters. The lowest BCUT2D eigenvalue weighted by atomic mass is 10.0. The highest BCUT2D eigenvalue weighted by molar-refractivity contribution is 6.06. The van der Waals surface area contributed by atoms with Gasteiger partial charge in [-0.1, -0.05) is 12.1 Å². The van der Waals surface area contributed by atoms with Crippen LogP contribution in [0.2, 0.25) is 0 Å². The number of hydrogen-bond donors (Lipinski definition) is 2. The highest BCUT2D eigenvalue weighted by Crippen LogP contribution is 2.34. The van der Waals surface area contributed by atoms with Crippen molar-refractivity contribution >= 4 is 28.9 Å². The van der Waals surface area contributed by atoms with Crippen molar-refractivity contribution in [3.05, 3.63) is 77.2 Å². The van der Waals surface area contributed by atoms with Crippen molar-refractivity contribution in [1.29, 1.82) is 0 Å². The minimum absolute atomic E-state index is 0.174. The van der Waals surface area contributed by atoms with Gasteiger partial charge in [0.1, 0.15) is 17.3 Å². The molecule has 0 aliphatic carbocycles. The van der Waals surface area contributed by atoms with Crippen LogP contribution in [0.1, 0.15) is 27.2 Å². The van der Waals surface area contributed by atoms with Gasteiger partial charge in [0.2, 0.25) is 5.95 Å². The van der Waals surface area contributed by atoms with Crippen molar-refractivity contribution in [2.24, 2.45) is 0 Å². The number of carbonyl (C=O) groups is 1. The third-order valence-corrected chi connectivity index (χ3v) is 7.93. The number of rotatable bonds is 7. The van der Waals surface area contributed by atoms with Gasteiger partial charge in [-0.2, -0.15) is 4.98 Å². The molecule has 212 valence electrons. The van der Waals surface area contributed by atoms with E-state index < -0.39 is 0 Å². The minimum atomic E-state index is -0.174. The molecule has 0 spiro atoms. The molecule has 10 heteroatoms. The molecule has 10 nitrogen and oxygen atoms in total. The molecule has 2 aliphatic heterocycles. The number of piperazine rings is 1. The largest absolute Gasteiger partial charge is 0.495 e. The molecule has 1 fully saturated rings. The topological polar surface area (TPSA) is 96.8 Å². The summed E-state index contributed by atoms with van der Waals surface area (Å²) in [5.74, 6) is 2.42. The molecule has 1 amide bonds. The molecule has 1 saturated heterocycles. The van der Waals surface area contributed by atoms with Crippen LogP contribution in [-0.4, -0.2) is 72.8 Å². The van der Waals surface area contributed by atoms with Crippen LogP contribution in [0.15, 0.2) is 54.9 Å². The molecule has 2 aliphatic rings. The fourth-order valence-electron chi connectivity index (χ4n) is 5.54. The number of nitrogens with zero attached hydrogens (tertiary/aromatic N) is 5. The number of methoxy groups -OCH3 is 2. The summed E-state index contributed by atoms with van der Waals surface area (Å²) in [6.45, 7) is 5.99. The van der Waals surface area contributed by atoms with Gasteiger partial charge >= 0.3 is 0 Å². The first kappa shape index (κ1) is 26.6. The van der Waals surface area contributed by atoms with Gasteiger partial charge < -0.3 is 34.5 Å². The number of amides is 1. The molecule has 2 aromatic carbocycles. The number of carbonyl (C=O) groups excluding carboxylic acids is 1. The summed E-state index contributed by atoms with van der Waals surface area (Å²) in [6.07, 6.45) is 5.22. The van der Waals surface area contributed by atoms with E-state index in [2.05, 4.69) is 44.6 Å². The van der Waals surface area contributed by atoms with Crippen molar-refractivity contribution in [3.63, 3.8) is 0 Å². The maximum atomic E-state index is 13.4. The molecule has 0 bridgehead atoms. The maximum Gasteiger partial charge on any atom is 0.257 e. The third kappa shape index (κ3) is 5.18. The van der Waals surface area contributed by atoms with E-state index in [0.717, 1.165) is 72.4 Å². The van der Waals surface area contributed by atoms with Crippen molar-refractivity contribution in [2.75, 3.05) is 63.0 Å². The second-order valence-corrected chi connectivity index (χ2v) is 10.5. The predicted octanol–water partition coefficient (Wildman–Crippen LogP) is 4.44. The highest BCUT2D eigenvalue weighted by Gasteiger charge is 2.25. The van der Waals surface area contributed by atoms with E-state index in [4.69, 9.17) is 14.5 Å². The molecular formula is C31H35N7O3. The average Bonchev–Trinajstić information content (AvgIpc) is 3.44. The zero-order valence-electron chi connectivity index (χ0n) is 23.9. The van der Waals surface area contributed by atoms with Gasteiger partial charge in [-0.3, -0.25) is 4.79 Å². The van der Waals surface area contributed by atoms with Crippen molar-refractivity contribution in [1.82, 2.24) is 19.4 Å². The smallest absolute Gasteiger partial charge is 0.257 e. The second kappa shape index (κ2) is 11.1. The Morgan fingerprint density at radius 2 is 1.78 bits per heavy atom. The number of nitrogens with one attached hydrogen (secondary N) is 2. The normalized spacial score (nSPS) is 14.7. The molecule has 6 rings (SSSR count). The van der Waals surface area contributed by atoms with E-state index >= 15 is 0 Å². The number of hydrogen-bond acceptors (Lipinski definition) is 8. The van der Waals surface area contributed by atoms with Crippen LogP contribution in [-0.2, 0) is 12.8 Å². The van der Waals surface area contributed by atoms with E-state index in [9.17, 15) is 4.79 Å². The fraction of sp³-hybridized carbons (Fsp3) is 0.323. The van der Waals surface area contributed by atoms with Gasteiger partial charge in [-0.15, -0.1) is 0 Å². The minimum Gasteiger partial charge on any atom is -0.495 e. The van der Waals surface area contributed by atoms with E-state index in [1.54, 1.807) is 14.2 Å². The predicted molar refractivity (Wildman–Crippen MR) is 160 cm³/mol. The summed E-state index contributed by atoms with van der Waals surface area (Å²) in [7, 11) is 5.43. The number of likely N-dealkylation sites (N-methyl/N-ethyl adjacent to an activating group) is 1. The third-order valence-electron chi connectivity index (χ3n) is 7.93. The average molecular weight is 554 g/mol. The summed E-state index contributed by atoms with van der Waals surface area (Å²) in [4.78, 5) is 27.5. The number of anilines is 4. The van der Waals surface area contributed by atoms with Gasteiger partial charge in [0.15, 0.2) is 0 Å².